The number of amides is 5. The largest absolute Gasteiger partial charge is 0.486 e. The van der Waals surface area contributed by atoms with E-state index in [1.54, 1.807) is 6.07 Å². The van der Waals surface area contributed by atoms with Gasteiger partial charge in [0.15, 0.2) is 11.5 Å². The van der Waals surface area contributed by atoms with Crippen LogP contribution in [0.15, 0.2) is 42.5 Å². The molecule has 0 aromatic heterocycles. The maximum atomic E-state index is 13.2. The minimum atomic E-state index is -1.44. The van der Waals surface area contributed by atoms with Gasteiger partial charge < -0.3 is 14.8 Å². The summed E-state index contributed by atoms with van der Waals surface area (Å²) in [7, 11) is 0. The summed E-state index contributed by atoms with van der Waals surface area (Å²) < 4.78 is 24.0. The fraction of sp³-hybridized carbons (Fsp3) is 0.238. The highest BCUT2D eigenvalue weighted by Crippen LogP contribution is 2.31. The SMILES string of the molecule is CC1(c2ccc(F)cc2)NC(=O)N(CC(=O)NNC(=O)c2ccc3c(c2)OCCO3)C1=O. The van der Waals surface area contributed by atoms with Crippen LogP contribution in [-0.2, 0) is 15.1 Å². The normalized spacial score (nSPS) is 19.4. The molecule has 10 nitrogen and oxygen atoms in total. The van der Waals surface area contributed by atoms with Gasteiger partial charge in [0.2, 0.25) is 0 Å². The van der Waals surface area contributed by atoms with E-state index in [1.165, 1.54) is 43.3 Å². The fourth-order valence-corrected chi connectivity index (χ4v) is 3.39. The van der Waals surface area contributed by atoms with Crippen molar-refractivity contribution in [1.29, 1.82) is 0 Å². The number of hydrazine groups is 1. The molecule has 4 rings (SSSR count). The maximum Gasteiger partial charge on any atom is 0.325 e. The lowest BCUT2D eigenvalue weighted by molar-refractivity contribution is -0.135. The van der Waals surface area contributed by atoms with Crippen molar-refractivity contribution in [2.75, 3.05) is 19.8 Å². The van der Waals surface area contributed by atoms with E-state index in [-0.39, 0.29) is 5.56 Å². The van der Waals surface area contributed by atoms with Gasteiger partial charge >= 0.3 is 6.03 Å². The third-order valence-electron chi connectivity index (χ3n) is 5.12. The van der Waals surface area contributed by atoms with E-state index in [4.69, 9.17) is 9.47 Å². The molecule has 2 aromatic rings. The number of ether oxygens (including phenoxy) is 2. The highest BCUT2D eigenvalue weighted by molar-refractivity contribution is 6.09. The van der Waals surface area contributed by atoms with Gasteiger partial charge in [-0.3, -0.25) is 30.1 Å². The van der Waals surface area contributed by atoms with Crippen LogP contribution in [0, 0.1) is 5.82 Å². The number of carbonyl (C=O) groups excluding carboxylic acids is 4. The van der Waals surface area contributed by atoms with Crippen LogP contribution < -0.4 is 25.6 Å². The minimum absolute atomic E-state index is 0.216. The number of nitrogens with zero attached hydrogens (tertiary/aromatic N) is 1. The summed E-state index contributed by atoms with van der Waals surface area (Å²) in [6.45, 7) is 1.61. The molecule has 0 saturated carbocycles. The molecule has 32 heavy (non-hydrogen) atoms. The molecule has 0 bridgehead atoms. The van der Waals surface area contributed by atoms with Crippen LogP contribution in [-0.4, -0.2) is 48.4 Å². The third kappa shape index (κ3) is 3.92. The first-order chi connectivity index (χ1) is 15.3. The number of halogens is 1. The zero-order valence-corrected chi connectivity index (χ0v) is 16.9. The Bertz CT molecular complexity index is 1110. The van der Waals surface area contributed by atoms with Crippen molar-refractivity contribution < 1.29 is 33.0 Å². The fourth-order valence-electron chi connectivity index (χ4n) is 3.39. The van der Waals surface area contributed by atoms with E-state index < -0.39 is 41.7 Å². The Labute approximate surface area is 181 Å². The minimum Gasteiger partial charge on any atom is -0.486 e. The molecule has 1 saturated heterocycles. The number of fused-ring (bicyclic) bond motifs is 1. The second kappa shape index (κ2) is 8.17. The van der Waals surface area contributed by atoms with Crippen LogP contribution >= 0.6 is 0 Å². The lowest BCUT2D eigenvalue weighted by atomic mass is 9.92. The molecule has 2 aromatic carbocycles. The number of benzene rings is 2. The maximum absolute atomic E-state index is 13.2. The van der Waals surface area contributed by atoms with Crippen molar-refractivity contribution >= 4 is 23.8 Å². The Balaban J connectivity index is 1.36. The molecule has 2 aliphatic rings. The molecule has 0 aliphatic carbocycles. The van der Waals surface area contributed by atoms with Gasteiger partial charge in [-0.2, -0.15) is 0 Å². The van der Waals surface area contributed by atoms with Crippen molar-refractivity contribution in [3.8, 4) is 11.5 Å². The molecule has 2 aliphatic heterocycles. The second-order valence-corrected chi connectivity index (χ2v) is 7.31. The molecule has 1 unspecified atom stereocenters. The molecule has 1 fully saturated rings. The van der Waals surface area contributed by atoms with E-state index in [0.717, 1.165) is 4.90 Å². The van der Waals surface area contributed by atoms with E-state index in [1.807, 2.05) is 0 Å². The van der Waals surface area contributed by atoms with Gasteiger partial charge in [0, 0.05) is 5.56 Å². The Kier molecular flexibility index (Phi) is 5.39. The monoisotopic (exact) mass is 442 g/mol. The Hall–Kier alpha value is -4.15. The number of rotatable bonds is 4. The molecular formula is C21H19FN4O6. The number of nitrogens with one attached hydrogen (secondary N) is 3. The molecule has 11 heteroatoms. The molecule has 2 heterocycles. The number of hydrogen-bond donors (Lipinski definition) is 3. The number of imide groups is 1. The van der Waals surface area contributed by atoms with Crippen LogP contribution in [0.5, 0.6) is 11.5 Å². The van der Waals surface area contributed by atoms with Gasteiger partial charge in [0.25, 0.3) is 17.7 Å². The van der Waals surface area contributed by atoms with Crippen molar-refractivity contribution in [3.05, 3.63) is 59.4 Å². The lowest BCUT2D eigenvalue weighted by Crippen LogP contribution is -2.48. The topological polar surface area (TPSA) is 126 Å². The molecular weight excluding hydrogens is 423 g/mol. The van der Waals surface area contributed by atoms with Crippen molar-refractivity contribution in [2.45, 2.75) is 12.5 Å². The zero-order chi connectivity index (χ0) is 22.9. The van der Waals surface area contributed by atoms with Crippen molar-refractivity contribution in [3.63, 3.8) is 0 Å². The zero-order valence-electron chi connectivity index (χ0n) is 16.9. The third-order valence-corrected chi connectivity index (χ3v) is 5.12. The van der Waals surface area contributed by atoms with E-state index in [9.17, 15) is 23.6 Å². The van der Waals surface area contributed by atoms with E-state index in [2.05, 4.69) is 16.2 Å². The second-order valence-electron chi connectivity index (χ2n) is 7.31. The van der Waals surface area contributed by atoms with Crippen molar-refractivity contribution in [2.24, 2.45) is 0 Å². The predicted octanol–water partition coefficient (Wildman–Crippen LogP) is 0.825. The number of urea groups is 1. The summed E-state index contributed by atoms with van der Waals surface area (Å²) in [6, 6.07) is 8.87. The Morgan fingerprint density at radius 2 is 1.75 bits per heavy atom. The predicted molar refractivity (Wildman–Crippen MR) is 107 cm³/mol. The summed E-state index contributed by atoms with van der Waals surface area (Å²) in [5, 5.41) is 2.51. The van der Waals surface area contributed by atoms with E-state index >= 15 is 0 Å². The molecule has 5 amide bonds. The Morgan fingerprint density at radius 1 is 1.06 bits per heavy atom. The van der Waals surface area contributed by atoms with Gasteiger partial charge in [-0.05, 0) is 42.8 Å². The van der Waals surface area contributed by atoms with Crippen LogP contribution in [0.2, 0.25) is 0 Å². The van der Waals surface area contributed by atoms with Crippen LogP contribution in [0.4, 0.5) is 9.18 Å². The molecule has 0 radical (unpaired) electrons. The smallest absolute Gasteiger partial charge is 0.325 e. The van der Waals surface area contributed by atoms with E-state index in [0.29, 0.717) is 30.3 Å². The quantitative estimate of drug-likeness (QED) is 0.476. The van der Waals surface area contributed by atoms with Gasteiger partial charge in [-0.25, -0.2) is 9.18 Å². The van der Waals surface area contributed by atoms with Gasteiger partial charge in [0.1, 0.15) is 31.1 Å². The summed E-state index contributed by atoms with van der Waals surface area (Å²) in [5.74, 6) is -1.65. The molecule has 166 valence electrons. The average molecular weight is 442 g/mol. The first kappa shape index (κ1) is 21.1. The van der Waals surface area contributed by atoms with Crippen LogP contribution in [0.1, 0.15) is 22.8 Å². The highest BCUT2D eigenvalue weighted by atomic mass is 19.1. The summed E-state index contributed by atoms with van der Waals surface area (Å²) in [6.07, 6.45) is 0. The van der Waals surface area contributed by atoms with Gasteiger partial charge in [0.05, 0.1) is 0 Å². The summed E-state index contributed by atoms with van der Waals surface area (Å²) in [4.78, 5) is 50.4. The summed E-state index contributed by atoms with van der Waals surface area (Å²) >= 11 is 0. The molecule has 3 N–H and O–H groups in total. The van der Waals surface area contributed by atoms with Crippen LogP contribution in [0.3, 0.4) is 0 Å². The average Bonchev–Trinajstić information content (AvgIpc) is 3.01. The first-order valence-electron chi connectivity index (χ1n) is 9.67. The Morgan fingerprint density at radius 3 is 2.47 bits per heavy atom. The first-order valence-corrected chi connectivity index (χ1v) is 9.67. The number of hydrogen-bond acceptors (Lipinski definition) is 6. The van der Waals surface area contributed by atoms with Gasteiger partial charge in [-0.15, -0.1) is 0 Å². The van der Waals surface area contributed by atoms with Crippen LogP contribution in [0.25, 0.3) is 0 Å². The molecule has 1 atom stereocenters. The summed E-state index contributed by atoms with van der Waals surface area (Å²) in [5.41, 5.74) is 3.53. The standard InChI is InChI=1S/C21H19FN4O6/c1-21(13-3-5-14(22)6-4-13)19(29)26(20(30)23-21)11-17(27)24-25-18(28)12-2-7-15-16(10-12)32-9-8-31-15/h2-7,10H,8-9,11H2,1H3,(H,23,30)(H,24,27)(H,25,28). The van der Waals surface area contributed by atoms with Gasteiger partial charge in [-0.1, -0.05) is 12.1 Å². The number of carbonyl (C=O) groups is 4. The molecule has 0 spiro atoms. The lowest BCUT2D eigenvalue weighted by Gasteiger charge is -2.22. The highest BCUT2D eigenvalue weighted by Gasteiger charge is 2.49. The van der Waals surface area contributed by atoms with Crippen molar-refractivity contribution in [1.82, 2.24) is 21.1 Å².